The molecule has 2 heterocycles. The van der Waals surface area contributed by atoms with Crippen LogP contribution in [0.1, 0.15) is 53.7 Å². The molecule has 1 saturated heterocycles. The highest BCUT2D eigenvalue weighted by Gasteiger charge is 2.33. The number of hydrogen-bond donors (Lipinski definition) is 1. The van der Waals surface area contributed by atoms with Gasteiger partial charge in [-0.1, -0.05) is 0 Å². The van der Waals surface area contributed by atoms with Gasteiger partial charge in [0.25, 0.3) is 0 Å². The molecule has 0 unspecified atom stereocenters. The van der Waals surface area contributed by atoms with E-state index in [4.69, 9.17) is 0 Å². The van der Waals surface area contributed by atoms with Crippen molar-refractivity contribution >= 4 is 11.8 Å². The highest BCUT2D eigenvalue weighted by atomic mass is 19.3. The lowest BCUT2D eigenvalue weighted by atomic mass is 9.94. The van der Waals surface area contributed by atoms with Crippen molar-refractivity contribution < 1.29 is 18.7 Å². The molecule has 0 bridgehead atoms. The van der Waals surface area contributed by atoms with Crippen LogP contribution in [-0.2, 0) is 12.8 Å². The number of carboxylic acid groups (broad SMARTS) is 1. The van der Waals surface area contributed by atoms with Crippen LogP contribution < -0.4 is 4.90 Å². The second-order valence-electron chi connectivity index (χ2n) is 6.17. The maximum atomic E-state index is 13.5. The van der Waals surface area contributed by atoms with Crippen molar-refractivity contribution in [2.45, 2.75) is 50.9 Å². The molecule has 6 heteroatoms. The molecule has 1 N–H and O–H groups in total. The van der Waals surface area contributed by atoms with E-state index in [0.717, 1.165) is 36.9 Å². The summed E-state index contributed by atoms with van der Waals surface area (Å²) in [6.07, 6.45) is 3.74. The van der Waals surface area contributed by atoms with Gasteiger partial charge in [0.2, 0.25) is 5.92 Å². The van der Waals surface area contributed by atoms with E-state index in [-0.39, 0.29) is 24.9 Å². The predicted molar refractivity (Wildman–Crippen MR) is 78.8 cm³/mol. The van der Waals surface area contributed by atoms with Crippen molar-refractivity contribution in [1.29, 1.82) is 0 Å². The second-order valence-corrected chi connectivity index (χ2v) is 6.17. The van der Waals surface area contributed by atoms with E-state index in [2.05, 4.69) is 4.98 Å². The number of halogens is 2. The second kappa shape index (κ2) is 5.82. The predicted octanol–water partition coefficient (Wildman–Crippen LogP) is 3.28. The fourth-order valence-electron chi connectivity index (χ4n) is 3.30. The Labute approximate surface area is 128 Å². The molecule has 1 aromatic rings. The van der Waals surface area contributed by atoms with Crippen molar-refractivity contribution in [2.75, 3.05) is 18.0 Å². The first-order chi connectivity index (χ1) is 10.5. The van der Waals surface area contributed by atoms with Gasteiger partial charge in [-0.25, -0.2) is 18.6 Å². The van der Waals surface area contributed by atoms with Gasteiger partial charge in [0.15, 0.2) is 0 Å². The zero-order valence-corrected chi connectivity index (χ0v) is 12.4. The van der Waals surface area contributed by atoms with Crippen LogP contribution in [0.5, 0.6) is 0 Å². The largest absolute Gasteiger partial charge is 0.478 e. The molecular formula is C16H20F2N2O2. The molecule has 22 heavy (non-hydrogen) atoms. The molecule has 0 spiro atoms. The van der Waals surface area contributed by atoms with Gasteiger partial charge in [-0.05, 0) is 43.7 Å². The molecule has 1 aromatic heterocycles. The first-order valence-corrected chi connectivity index (χ1v) is 7.85. The normalized spacial score (nSPS) is 21.1. The number of fused-ring (bicyclic) bond motifs is 1. The Bertz CT molecular complexity index is 590. The molecular weight excluding hydrogens is 290 g/mol. The Morgan fingerprint density at radius 2 is 1.95 bits per heavy atom. The summed E-state index contributed by atoms with van der Waals surface area (Å²) in [7, 11) is 0. The Balaban J connectivity index is 1.96. The molecule has 0 saturated carbocycles. The van der Waals surface area contributed by atoms with Crippen molar-refractivity contribution in [2.24, 2.45) is 0 Å². The molecule has 0 amide bonds. The van der Waals surface area contributed by atoms with Crippen LogP contribution in [0.15, 0.2) is 6.07 Å². The minimum atomic E-state index is -2.66. The van der Waals surface area contributed by atoms with Crippen LogP contribution in [0.3, 0.4) is 0 Å². The first kappa shape index (κ1) is 15.2. The van der Waals surface area contributed by atoms with Gasteiger partial charge in [-0.2, -0.15) is 0 Å². The van der Waals surface area contributed by atoms with Crippen LogP contribution >= 0.6 is 0 Å². The summed E-state index contributed by atoms with van der Waals surface area (Å²) in [6, 6.07) is 1.70. The minimum absolute atomic E-state index is 0.142. The van der Waals surface area contributed by atoms with Crippen molar-refractivity contribution in [1.82, 2.24) is 4.98 Å². The third-order valence-electron chi connectivity index (χ3n) is 4.53. The van der Waals surface area contributed by atoms with Gasteiger partial charge < -0.3 is 10.0 Å². The van der Waals surface area contributed by atoms with Crippen LogP contribution in [-0.4, -0.2) is 35.1 Å². The molecule has 1 fully saturated rings. The monoisotopic (exact) mass is 310 g/mol. The van der Waals surface area contributed by atoms with Crippen molar-refractivity contribution in [3.05, 3.63) is 22.9 Å². The van der Waals surface area contributed by atoms with Gasteiger partial charge in [-0.3, -0.25) is 0 Å². The quantitative estimate of drug-likeness (QED) is 0.911. The van der Waals surface area contributed by atoms with Crippen LogP contribution in [0.25, 0.3) is 0 Å². The summed E-state index contributed by atoms with van der Waals surface area (Å²) in [5.74, 6) is -3.33. The maximum Gasteiger partial charge on any atom is 0.339 e. The summed E-state index contributed by atoms with van der Waals surface area (Å²) < 4.78 is 27.0. The van der Waals surface area contributed by atoms with E-state index in [9.17, 15) is 18.7 Å². The average Bonchev–Trinajstić information content (AvgIpc) is 2.66. The number of rotatable bonds is 2. The number of anilines is 1. The van der Waals surface area contributed by atoms with Gasteiger partial charge >= 0.3 is 5.97 Å². The van der Waals surface area contributed by atoms with Gasteiger partial charge in [-0.15, -0.1) is 0 Å². The molecule has 0 atom stereocenters. The molecule has 4 nitrogen and oxygen atoms in total. The summed E-state index contributed by atoms with van der Waals surface area (Å²) in [6.45, 7) is 0.584. The molecule has 2 aliphatic rings. The molecule has 0 radical (unpaired) electrons. The Morgan fingerprint density at radius 3 is 2.73 bits per heavy atom. The number of pyridine rings is 1. The number of aromatic carboxylic acids is 1. The highest BCUT2D eigenvalue weighted by molar-refractivity contribution is 5.93. The molecule has 3 rings (SSSR count). The first-order valence-electron chi connectivity index (χ1n) is 7.85. The molecule has 1 aliphatic carbocycles. The zero-order valence-electron chi connectivity index (χ0n) is 12.4. The lowest BCUT2D eigenvalue weighted by molar-refractivity contribution is -0.0102. The lowest BCUT2D eigenvalue weighted by Crippen LogP contribution is -2.29. The zero-order chi connectivity index (χ0) is 15.7. The summed E-state index contributed by atoms with van der Waals surface area (Å²) in [5.41, 5.74) is 2.07. The number of aryl methyl sites for hydroxylation is 2. The van der Waals surface area contributed by atoms with Gasteiger partial charge in [0, 0.05) is 31.6 Å². The SMILES string of the molecule is O=C(O)c1cc2c(nc1N1CCCC(F)(F)CC1)CCCC2. The smallest absolute Gasteiger partial charge is 0.339 e. The number of nitrogens with zero attached hydrogens (tertiary/aromatic N) is 2. The minimum Gasteiger partial charge on any atom is -0.478 e. The Kier molecular flexibility index (Phi) is 4.02. The fourth-order valence-corrected chi connectivity index (χ4v) is 3.30. The van der Waals surface area contributed by atoms with Gasteiger partial charge in [0.05, 0.1) is 0 Å². The number of carbonyl (C=O) groups is 1. The Morgan fingerprint density at radius 1 is 1.18 bits per heavy atom. The van der Waals surface area contributed by atoms with E-state index in [1.54, 1.807) is 11.0 Å². The molecule has 0 aromatic carbocycles. The van der Waals surface area contributed by atoms with E-state index in [1.807, 2.05) is 0 Å². The van der Waals surface area contributed by atoms with Crippen molar-refractivity contribution in [3.8, 4) is 0 Å². The number of hydrogen-bond acceptors (Lipinski definition) is 3. The molecule has 1 aliphatic heterocycles. The van der Waals surface area contributed by atoms with Gasteiger partial charge in [0.1, 0.15) is 11.4 Å². The molecule has 120 valence electrons. The lowest BCUT2D eigenvalue weighted by Gasteiger charge is -2.26. The van der Waals surface area contributed by atoms with Crippen molar-refractivity contribution in [3.63, 3.8) is 0 Å². The number of aromatic nitrogens is 1. The number of alkyl halides is 2. The van der Waals surface area contributed by atoms with E-state index in [0.29, 0.717) is 18.8 Å². The fraction of sp³-hybridized carbons (Fsp3) is 0.625. The number of carboxylic acids is 1. The third-order valence-corrected chi connectivity index (χ3v) is 4.53. The topological polar surface area (TPSA) is 53.4 Å². The van der Waals surface area contributed by atoms with E-state index >= 15 is 0 Å². The standard InChI is InChI=1S/C16H20F2N2O2/c17-16(18)6-3-8-20(9-7-16)14-12(15(21)22)10-11-4-1-2-5-13(11)19-14/h10H,1-9H2,(H,21,22). The van der Waals surface area contributed by atoms with Crippen LogP contribution in [0, 0.1) is 0 Å². The average molecular weight is 310 g/mol. The summed E-state index contributed by atoms with van der Waals surface area (Å²) in [5, 5.41) is 9.46. The summed E-state index contributed by atoms with van der Waals surface area (Å²) >= 11 is 0. The third kappa shape index (κ3) is 3.05. The highest BCUT2D eigenvalue weighted by Crippen LogP contribution is 2.32. The summed E-state index contributed by atoms with van der Waals surface area (Å²) in [4.78, 5) is 17.8. The van der Waals surface area contributed by atoms with E-state index in [1.165, 1.54) is 0 Å². The maximum absolute atomic E-state index is 13.5. The van der Waals surface area contributed by atoms with Crippen LogP contribution in [0.2, 0.25) is 0 Å². The Hall–Kier alpha value is -1.72. The van der Waals surface area contributed by atoms with E-state index < -0.39 is 11.9 Å². The van der Waals surface area contributed by atoms with Crippen LogP contribution in [0.4, 0.5) is 14.6 Å².